The van der Waals surface area contributed by atoms with Crippen molar-refractivity contribution in [1.29, 1.82) is 0 Å². The van der Waals surface area contributed by atoms with Crippen LogP contribution >= 0.6 is 0 Å². The molecule has 0 bridgehead atoms. The third kappa shape index (κ3) is 6.79. The second kappa shape index (κ2) is 8.67. The predicted molar refractivity (Wildman–Crippen MR) is 96.5 cm³/mol. The summed E-state index contributed by atoms with van der Waals surface area (Å²) in [7, 11) is -7.03. The molecule has 10 heteroatoms. The summed E-state index contributed by atoms with van der Waals surface area (Å²) in [6.07, 6.45) is 5.90. The van der Waals surface area contributed by atoms with Crippen molar-refractivity contribution in [3.63, 3.8) is 0 Å². The highest BCUT2D eigenvalue weighted by Gasteiger charge is 2.14. The van der Waals surface area contributed by atoms with Gasteiger partial charge >= 0.3 is 0 Å². The zero-order chi connectivity index (χ0) is 19.2. The summed E-state index contributed by atoms with van der Waals surface area (Å²) >= 11 is 0. The largest absolute Gasteiger partial charge is 0.270 e. The van der Waals surface area contributed by atoms with Crippen molar-refractivity contribution in [3.8, 4) is 11.4 Å². The summed E-state index contributed by atoms with van der Waals surface area (Å²) in [5.74, 6) is 0. The Hall–Kier alpha value is -1.88. The van der Waals surface area contributed by atoms with Crippen LogP contribution in [0.25, 0.3) is 11.4 Å². The molecule has 0 aliphatic rings. The van der Waals surface area contributed by atoms with Crippen molar-refractivity contribution in [1.82, 2.24) is 9.97 Å². The Morgan fingerprint density at radius 1 is 0.769 bits per heavy atom. The third-order valence-electron chi connectivity index (χ3n) is 3.34. The van der Waals surface area contributed by atoms with E-state index in [1.54, 1.807) is 24.5 Å². The van der Waals surface area contributed by atoms with Crippen LogP contribution in [0.4, 0.5) is 0 Å². The molecule has 0 N–H and O–H groups in total. The minimum atomic E-state index is -3.52. The molecule has 0 saturated heterocycles. The van der Waals surface area contributed by atoms with Gasteiger partial charge in [0.2, 0.25) is 0 Å². The summed E-state index contributed by atoms with van der Waals surface area (Å²) in [6.45, 7) is -0.00618. The Labute approximate surface area is 153 Å². The summed E-state index contributed by atoms with van der Waals surface area (Å²) in [5, 5.41) is 0. The number of hydrogen-bond donors (Lipinski definition) is 0. The second-order valence-electron chi connectivity index (χ2n) is 5.57. The van der Waals surface area contributed by atoms with Gasteiger partial charge in [0.25, 0.3) is 20.2 Å². The van der Waals surface area contributed by atoms with E-state index < -0.39 is 20.2 Å². The highest BCUT2D eigenvalue weighted by Crippen LogP contribution is 2.24. The van der Waals surface area contributed by atoms with Crippen LogP contribution in [0.5, 0.6) is 0 Å². The molecule has 0 fully saturated rings. The summed E-state index contributed by atoms with van der Waals surface area (Å²) in [6, 6.07) is 7.13. The van der Waals surface area contributed by atoms with Crippen LogP contribution in [0.15, 0.2) is 36.7 Å². The van der Waals surface area contributed by atoms with Crippen LogP contribution in [0, 0.1) is 0 Å². The van der Waals surface area contributed by atoms with Gasteiger partial charge in [-0.3, -0.25) is 18.3 Å². The first-order chi connectivity index (χ1) is 12.2. The van der Waals surface area contributed by atoms with E-state index in [1.165, 1.54) is 0 Å². The third-order valence-corrected chi connectivity index (χ3v) is 4.53. The molecule has 2 aromatic heterocycles. The lowest BCUT2D eigenvalue weighted by atomic mass is 10.0. The first-order valence-electron chi connectivity index (χ1n) is 7.73. The summed E-state index contributed by atoms with van der Waals surface area (Å²) in [4.78, 5) is 8.71. The number of aromatic nitrogens is 2. The molecule has 142 valence electrons. The Bertz CT molecular complexity index is 879. The minimum Gasteiger partial charge on any atom is -0.270 e. The maximum atomic E-state index is 11.1. The molecule has 8 nitrogen and oxygen atoms in total. The van der Waals surface area contributed by atoms with Gasteiger partial charge in [-0.2, -0.15) is 16.8 Å². The topological polar surface area (TPSA) is 113 Å². The molecule has 0 saturated carbocycles. The van der Waals surface area contributed by atoms with Crippen molar-refractivity contribution >= 4 is 20.2 Å². The fraction of sp³-hybridized carbons (Fsp3) is 0.375. The van der Waals surface area contributed by atoms with Gasteiger partial charge in [0.15, 0.2) is 0 Å². The molecule has 2 aromatic rings. The van der Waals surface area contributed by atoms with E-state index in [1.807, 2.05) is 12.1 Å². The lowest BCUT2D eigenvalue weighted by Gasteiger charge is -2.12. The molecule has 0 aromatic carbocycles. The number of nitrogens with zero attached hydrogens (tertiary/aromatic N) is 2. The number of rotatable bonds is 9. The molecule has 0 atom stereocenters. The van der Waals surface area contributed by atoms with Gasteiger partial charge < -0.3 is 0 Å². The molecule has 2 rings (SSSR count). The molecular weight excluding hydrogens is 380 g/mol. The maximum Gasteiger partial charge on any atom is 0.264 e. The van der Waals surface area contributed by atoms with Crippen LogP contribution in [0.2, 0.25) is 0 Å². The first kappa shape index (κ1) is 20.4. The Balaban J connectivity index is 2.23. The quantitative estimate of drug-likeness (QED) is 0.577. The molecule has 0 radical (unpaired) electrons. The molecule has 0 amide bonds. The monoisotopic (exact) mass is 400 g/mol. The fourth-order valence-corrected chi connectivity index (χ4v) is 3.09. The summed E-state index contributed by atoms with van der Waals surface area (Å²) < 4.78 is 54.1. The van der Waals surface area contributed by atoms with E-state index in [9.17, 15) is 16.8 Å². The highest BCUT2D eigenvalue weighted by atomic mass is 32.2. The SMILES string of the molecule is CS(=O)(=O)OCCc1cccnc1-c1ncccc1CCOS(C)(=O)=O. The molecular formula is C16H20N2O6S2. The predicted octanol–water partition coefficient (Wildman–Crippen LogP) is 1.18. The van der Waals surface area contributed by atoms with E-state index in [0.29, 0.717) is 24.2 Å². The van der Waals surface area contributed by atoms with Gasteiger partial charge in [0.1, 0.15) is 0 Å². The van der Waals surface area contributed by atoms with Crippen molar-refractivity contribution in [2.75, 3.05) is 25.7 Å². The smallest absolute Gasteiger partial charge is 0.264 e. The van der Waals surface area contributed by atoms with Crippen LogP contribution in [0.3, 0.4) is 0 Å². The highest BCUT2D eigenvalue weighted by molar-refractivity contribution is 7.86. The average Bonchev–Trinajstić information content (AvgIpc) is 2.54. The average molecular weight is 400 g/mol. The zero-order valence-corrected chi connectivity index (χ0v) is 16.1. The van der Waals surface area contributed by atoms with Gasteiger partial charge in [0, 0.05) is 12.4 Å². The van der Waals surface area contributed by atoms with Gasteiger partial charge in [-0.15, -0.1) is 0 Å². The summed E-state index contributed by atoms with van der Waals surface area (Å²) in [5.41, 5.74) is 2.75. The normalized spacial score (nSPS) is 12.2. The Morgan fingerprint density at radius 3 is 1.50 bits per heavy atom. The van der Waals surface area contributed by atoms with Crippen molar-refractivity contribution in [2.24, 2.45) is 0 Å². The van der Waals surface area contributed by atoms with Crippen LogP contribution in [0.1, 0.15) is 11.1 Å². The van der Waals surface area contributed by atoms with Crippen LogP contribution < -0.4 is 0 Å². The fourth-order valence-electron chi connectivity index (χ4n) is 2.31. The maximum absolute atomic E-state index is 11.1. The van der Waals surface area contributed by atoms with Crippen LogP contribution in [-0.2, 0) is 41.4 Å². The van der Waals surface area contributed by atoms with Gasteiger partial charge in [-0.1, -0.05) is 12.1 Å². The molecule has 0 spiro atoms. The molecule has 0 aliphatic carbocycles. The van der Waals surface area contributed by atoms with E-state index in [0.717, 1.165) is 23.6 Å². The molecule has 0 unspecified atom stereocenters. The molecule has 0 aliphatic heterocycles. The standard InChI is InChI=1S/C16H20N2O6S2/c1-25(19,20)23-11-7-13-5-3-9-17-15(13)16-14(6-4-10-18-16)8-12-24-26(2,21)22/h3-6,9-10H,7-8,11-12H2,1-2H3. The molecule has 26 heavy (non-hydrogen) atoms. The van der Waals surface area contributed by atoms with Crippen molar-refractivity contribution in [2.45, 2.75) is 12.8 Å². The lowest BCUT2D eigenvalue weighted by molar-refractivity contribution is 0.324. The first-order valence-corrected chi connectivity index (χ1v) is 11.4. The van der Waals surface area contributed by atoms with E-state index in [-0.39, 0.29) is 13.2 Å². The van der Waals surface area contributed by atoms with E-state index in [4.69, 9.17) is 8.37 Å². The minimum absolute atomic E-state index is 0.00309. The molecule has 2 heterocycles. The zero-order valence-electron chi connectivity index (χ0n) is 14.5. The van der Waals surface area contributed by atoms with Crippen LogP contribution in [-0.4, -0.2) is 52.5 Å². The number of hydrogen-bond acceptors (Lipinski definition) is 8. The Kier molecular flexibility index (Phi) is 6.81. The van der Waals surface area contributed by atoms with Gasteiger partial charge in [-0.05, 0) is 36.1 Å². The van der Waals surface area contributed by atoms with Gasteiger partial charge in [-0.25, -0.2) is 0 Å². The van der Waals surface area contributed by atoms with Crippen molar-refractivity contribution in [3.05, 3.63) is 47.8 Å². The number of pyridine rings is 2. The second-order valence-corrected chi connectivity index (χ2v) is 8.86. The lowest BCUT2D eigenvalue weighted by Crippen LogP contribution is -2.09. The van der Waals surface area contributed by atoms with Crippen molar-refractivity contribution < 1.29 is 25.2 Å². The van der Waals surface area contributed by atoms with E-state index >= 15 is 0 Å². The van der Waals surface area contributed by atoms with Gasteiger partial charge in [0.05, 0.1) is 37.1 Å². The Morgan fingerprint density at radius 2 is 1.15 bits per heavy atom. The van der Waals surface area contributed by atoms with E-state index in [2.05, 4.69) is 9.97 Å².